The Morgan fingerprint density at radius 1 is 1.30 bits per heavy atom. The second-order valence-electron chi connectivity index (χ2n) is 1.85. The molecule has 0 aliphatic carbocycles. The Morgan fingerprint density at radius 2 is 1.70 bits per heavy atom. The van der Waals surface area contributed by atoms with Gasteiger partial charge in [-0.15, -0.1) is 0 Å². The third-order valence-corrected chi connectivity index (χ3v) is 1.23. The lowest BCUT2D eigenvalue weighted by Gasteiger charge is -2.00. The van der Waals surface area contributed by atoms with Crippen LogP contribution < -0.4 is 0 Å². The molecule has 0 amide bonds. The molecule has 0 fully saturated rings. The molecular weight excluding hydrogens is 136 g/mol. The van der Waals surface area contributed by atoms with Crippen molar-refractivity contribution in [2.75, 3.05) is 13.2 Å². The molecule has 0 aliphatic heterocycles. The van der Waals surface area contributed by atoms with Gasteiger partial charge in [-0.2, -0.15) is 0 Å². The van der Waals surface area contributed by atoms with Crippen LogP contribution in [-0.4, -0.2) is 34.5 Å². The first-order chi connectivity index (χ1) is 4.63. The van der Waals surface area contributed by atoms with Crippen molar-refractivity contribution in [1.82, 2.24) is 0 Å². The van der Waals surface area contributed by atoms with Crippen LogP contribution in [0.2, 0.25) is 0 Å². The average Bonchev–Trinajstić information content (AvgIpc) is 1.90. The Labute approximate surface area is 58.4 Å². The minimum atomic E-state index is -1.11. The van der Waals surface area contributed by atoms with E-state index < -0.39 is 19.2 Å². The number of rotatable bonds is 3. The molecule has 3 N–H and O–H groups in total. The highest BCUT2D eigenvalue weighted by atomic mass is 16.4. The fourth-order valence-electron chi connectivity index (χ4n) is 0.438. The Balaban J connectivity index is 4.43. The van der Waals surface area contributed by atoms with Crippen molar-refractivity contribution in [3.63, 3.8) is 0 Å². The molecule has 10 heavy (non-hydrogen) atoms. The Kier molecular flexibility index (Phi) is 3.68. The molecule has 0 bridgehead atoms. The fourth-order valence-corrected chi connectivity index (χ4v) is 0.438. The molecule has 4 nitrogen and oxygen atoms in total. The van der Waals surface area contributed by atoms with Gasteiger partial charge >= 0.3 is 5.97 Å². The van der Waals surface area contributed by atoms with Crippen molar-refractivity contribution in [3.8, 4) is 0 Å². The van der Waals surface area contributed by atoms with Gasteiger partial charge in [-0.1, -0.05) is 0 Å². The van der Waals surface area contributed by atoms with E-state index in [1.165, 1.54) is 6.92 Å². The minimum absolute atomic E-state index is 0.00463. The van der Waals surface area contributed by atoms with Gasteiger partial charge in [0.2, 0.25) is 0 Å². The lowest BCUT2D eigenvalue weighted by molar-refractivity contribution is -0.132. The van der Waals surface area contributed by atoms with E-state index in [0.29, 0.717) is 0 Å². The van der Waals surface area contributed by atoms with Crippen molar-refractivity contribution in [2.45, 2.75) is 6.92 Å². The van der Waals surface area contributed by atoms with Gasteiger partial charge in [0.25, 0.3) is 0 Å². The molecule has 0 unspecified atom stereocenters. The van der Waals surface area contributed by atoms with Gasteiger partial charge in [0.05, 0.1) is 13.2 Å². The number of aliphatic hydroxyl groups is 2. The number of hydrogen-bond acceptors (Lipinski definition) is 3. The SMILES string of the molecule is CC(C(=O)O)=C(CO)CO. The molecule has 0 saturated carbocycles. The van der Waals surface area contributed by atoms with Crippen molar-refractivity contribution in [3.05, 3.63) is 11.1 Å². The molecule has 0 spiro atoms. The van der Waals surface area contributed by atoms with E-state index in [1.807, 2.05) is 0 Å². The molecule has 0 rings (SSSR count). The number of carboxylic acid groups (broad SMARTS) is 1. The molecule has 0 aliphatic rings. The minimum Gasteiger partial charge on any atom is -0.478 e. The molecule has 4 heteroatoms. The molecule has 0 aromatic rings. The fraction of sp³-hybridized carbons (Fsp3) is 0.500. The van der Waals surface area contributed by atoms with Crippen LogP contribution in [0.15, 0.2) is 11.1 Å². The highest BCUT2D eigenvalue weighted by Crippen LogP contribution is 2.01. The molecule has 0 radical (unpaired) electrons. The van der Waals surface area contributed by atoms with Crippen LogP contribution in [0.25, 0.3) is 0 Å². The highest BCUT2D eigenvalue weighted by molar-refractivity contribution is 5.86. The first-order valence-corrected chi connectivity index (χ1v) is 2.77. The lowest BCUT2D eigenvalue weighted by atomic mass is 10.1. The normalized spacial score (nSPS) is 9.10. The van der Waals surface area contributed by atoms with E-state index in [9.17, 15) is 4.79 Å². The van der Waals surface area contributed by atoms with Gasteiger partial charge in [0.1, 0.15) is 0 Å². The molecule has 0 aromatic heterocycles. The van der Waals surface area contributed by atoms with E-state index in [0.717, 1.165) is 0 Å². The van der Waals surface area contributed by atoms with E-state index in [4.69, 9.17) is 15.3 Å². The summed E-state index contributed by atoms with van der Waals surface area (Å²) in [6.07, 6.45) is 0. The third-order valence-electron chi connectivity index (χ3n) is 1.23. The van der Waals surface area contributed by atoms with Crippen molar-refractivity contribution in [2.24, 2.45) is 0 Å². The van der Waals surface area contributed by atoms with Gasteiger partial charge < -0.3 is 15.3 Å². The third kappa shape index (κ3) is 2.16. The molecule has 0 saturated heterocycles. The largest absolute Gasteiger partial charge is 0.478 e. The number of hydrogen-bond donors (Lipinski definition) is 3. The number of carboxylic acids is 1. The number of aliphatic hydroxyl groups excluding tert-OH is 2. The monoisotopic (exact) mass is 146 g/mol. The Hall–Kier alpha value is -0.870. The van der Waals surface area contributed by atoms with Gasteiger partial charge in [-0.05, 0) is 12.5 Å². The molecule has 0 heterocycles. The summed E-state index contributed by atoms with van der Waals surface area (Å²) in [5, 5.41) is 25.3. The zero-order valence-corrected chi connectivity index (χ0v) is 5.66. The summed E-state index contributed by atoms with van der Waals surface area (Å²) in [6, 6.07) is 0. The van der Waals surface area contributed by atoms with Crippen LogP contribution in [-0.2, 0) is 4.79 Å². The van der Waals surface area contributed by atoms with Crippen molar-refractivity contribution < 1.29 is 20.1 Å². The molecule has 58 valence electrons. The summed E-state index contributed by atoms with van der Waals surface area (Å²) >= 11 is 0. The maximum atomic E-state index is 10.2. The molecule has 0 aromatic carbocycles. The molecular formula is C6H10O4. The molecule has 0 atom stereocenters. The maximum absolute atomic E-state index is 10.2. The Morgan fingerprint density at radius 3 is 1.80 bits per heavy atom. The van der Waals surface area contributed by atoms with E-state index in [2.05, 4.69) is 0 Å². The topological polar surface area (TPSA) is 77.8 Å². The summed E-state index contributed by atoms with van der Waals surface area (Å²) in [7, 11) is 0. The maximum Gasteiger partial charge on any atom is 0.331 e. The second-order valence-corrected chi connectivity index (χ2v) is 1.85. The standard InChI is InChI=1S/C6H10O4/c1-4(6(9)10)5(2-7)3-8/h7-8H,2-3H2,1H3,(H,9,10). The van der Waals surface area contributed by atoms with Crippen molar-refractivity contribution >= 4 is 5.97 Å². The van der Waals surface area contributed by atoms with Crippen molar-refractivity contribution in [1.29, 1.82) is 0 Å². The smallest absolute Gasteiger partial charge is 0.331 e. The second kappa shape index (κ2) is 4.03. The van der Waals surface area contributed by atoms with Crippen LogP contribution in [0, 0.1) is 0 Å². The van der Waals surface area contributed by atoms with Gasteiger partial charge in [0.15, 0.2) is 0 Å². The van der Waals surface area contributed by atoms with Gasteiger partial charge in [-0.25, -0.2) is 4.79 Å². The predicted molar refractivity (Wildman–Crippen MR) is 34.5 cm³/mol. The van der Waals surface area contributed by atoms with E-state index >= 15 is 0 Å². The summed E-state index contributed by atoms with van der Waals surface area (Å²) < 4.78 is 0. The summed E-state index contributed by atoms with van der Waals surface area (Å²) in [5.74, 6) is -1.11. The van der Waals surface area contributed by atoms with Gasteiger partial charge in [-0.3, -0.25) is 0 Å². The summed E-state index contributed by atoms with van der Waals surface area (Å²) in [4.78, 5) is 10.2. The first kappa shape index (κ1) is 9.13. The average molecular weight is 146 g/mol. The van der Waals surface area contributed by atoms with E-state index in [-0.39, 0.29) is 11.1 Å². The van der Waals surface area contributed by atoms with Crippen LogP contribution in [0.5, 0.6) is 0 Å². The Bertz CT molecular complexity index is 153. The first-order valence-electron chi connectivity index (χ1n) is 2.77. The van der Waals surface area contributed by atoms with Crippen LogP contribution >= 0.6 is 0 Å². The lowest BCUT2D eigenvalue weighted by Crippen LogP contribution is -2.07. The highest BCUT2D eigenvalue weighted by Gasteiger charge is 2.06. The van der Waals surface area contributed by atoms with Gasteiger partial charge in [0, 0.05) is 5.57 Å². The van der Waals surface area contributed by atoms with E-state index in [1.54, 1.807) is 0 Å². The van der Waals surface area contributed by atoms with Crippen LogP contribution in [0.1, 0.15) is 6.92 Å². The zero-order chi connectivity index (χ0) is 8.15. The number of aliphatic carboxylic acids is 1. The van der Waals surface area contributed by atoms with Crippen LogP contribution in [0.3, 0.4) is 0 Å². The zero-order valence-electron chi connectivity index (χ0n) is 5.66. The predicted octanol–water partition coefficient (Wildman–Crippen LogP) is -0.628. The number of carbonyl (C=O) groups is 1. The van der Waals surface area contributed by atoms with Crippen LogP contribution in [0.4, 0.5) is 0 Å². The summed E-state index contributed by atoms with van der Waals surface area (Å²) in [5.41, 5.74) is 0.150. The summed E-state index contributed by atoms with van der Waals surface area (Å²) in [6.45, 7) is 0.521. The quantitative estimate of drug-likeness (QED) is 0.463.